The van der Waals surface area contributed by atoms with Crippen LogP contribution >= 0.6 is 0 Å². The fraction of sp³-hybridized carbons (Fsp3) is 0.350. The minimum atomic E-state index is -0.117. The number of nitrogens with one attached hydrogen (secondary N) is 2. The van der Waals surface area contributed by atoms with E-state index in [2.05, 4.69) is 10.6 Å². The molecule has 1 amide bonds. The molecule has 1 unspecified atom stereocenters. The topological polar surface area (TPSA) is 68.8 Å². The number of anilines is 2. The van der Waals surface area contributed by atoms with Crippen LogP contribution in [0.3, 0.4) is 0 Å². The average molecular weight is 356 g/mol. The van der Waals surface area contributed by atoms with Gasteiger partial charge in [-0.05, 0) is 61.4 Å². The van der Waals surface area contributed by atoms with Gasteiger partial charge in [0, 0.05) is 18.0 Å². The first-order chi connectivity index (χ1) is 12.7. The molecule has 6 nitrogen and oxygen atoms in total. The van der Waals surface area contributed by atoms with Crippen molar-refractivity contribution in [2.75, 3.05) is 37.5 Å². The Morgan fingerprint density at radius 2 is 1.77 bits per heavy atom. The largest absolute Gasteiger partial charge is 0.497 e. The van der Waals surface area contributed by atoms with E-state index in [1.54, 1.807) is 31.4 Å². The van der Waals surface area contributed by atoms with E-state index in [1.807, 2.05) is 24.3 Å². The molecule has 0 spiro atoms. The predicted molar refractivity (Wildman–Crippen MR) is 101 cm³/mol. The Balaban J connectivity index is 1.41. The maximum Gasteiger partial charge on any atom is 0.243 e. The summed E-state index contributed by atoms with van der Waals surface area (Å²) in [6, 6.07) is 14.8. The molecule has 0 aromatic heterocycles. The van der Waals surface area contributed by atoms with E-state index in [1.165, 1.54) is 0 Å². The Bertz CT molecular complexity index is 695. The molecular weight excluding hydrogens is 332 g/mol. The van der Waals surface area contributed by atoms with Crippen LogP contribution in [0.1, 0.15) is 12.8 Å². The van der Waals surface area contributed by atoms with Crippen LogP contribution in [-0.4, -0.2) is 38.9 Å². The van der Waals surface area contributed by atoms with Gasteiger partial charge in [0.25, 0.3) is 0 Å². The third-order valence-corrected chi connectivity index (χ3v) is 4.14. The molecule has 0 aliphatic carbocycles. The summed E-state index contributed by atoms with van der Waals surface area (Å²) in [5.74, 6) is 1.44. The minimum Gasteiger partial charge on any atom is -0.497 e. The molecule has 0 radical (unpaired) electrons. The summed E-state index contributed by atoms with van der Waals surface area (Å²) in [6.07, 6.45) is 2.37. The summed E-state index contributed by atoms with van der Waals surface area (Å²) in [5, 5.41) is 5.93. The van der Waals surface area contributed by atoms with Gasteiger partial charge in [0.1, 0.15) is 18.1 Å². The van der Waals surface area contributed by atoms with Crippen molar-refractivity contribution in [3.63, 3.8) is 0 Å². The number of carbonyl (C=O) groups is 1. The molecule has 1 fully saturated rings. The lowest BCUT2D eigenvalue weighted by molar-refractivity contribution is -0.114. The van der Waals surface area contributed by atoms with Crippen molar-refractivity contribution in [3.8, 4) is 11.5 Å². The van der Waals surface area contributed by atoms with Crippen molar-refractivity contribution < 1.29 is 19.0 Å². The van der Waals surface area contributed by atoms with Crippen molar-refractivity contribution in [2.45, 2.75) is 18.9 Å². The first-order valence-electron chi connectivity index (χ1n) is 8.75. The van der Waals surface area contributed by atoms with E-state index in [9.17, 15) is 4.79 Å². The van der Waals surface area contributed by atoms with Gasteiger partial charge in [-0.2, -0.15) is 0 Å². The normalized spacial score (nSPS) is 16.1. The number of rotatable bonds is 8. The number of hydrogen-bond donors (Lipinski definition) is 2. The van der Waals surface area contributed by atoms with Crippen molar-refractivity contribution in [1.29, 1.82) is 0 Å². The quantitative estimate of drug-likeness (QED) is 0.759. The number of methoxy groups -OCH3 is 1. The van der Waals surface area contributed by atoms with Gasteiger partial charge in [-0.25, -0.2) is 0 Å². The Kier molecular flexibility index (Phi) is 6.33. The maximum atomic E-state index is 12.0. The average Bonchev–Trinajstić information content (AvgIpc) is 3.20. The summed E-state index contributed by atoms with van der Waals surface area (Å²) >= 11 is 0. The third-order valence-electron chi connectivity index (χ3n) is 4.14. The summed E-state index contributed by atoms with van der Waals surface area (Å²) in [5.41, 5.74) is 1.59. The van der Waals surface area contributed by atoms with Crippen LogP contribution in [0, 0.1) is 0 Å². The van der Waals surface area contributed by atoms with Crippen LogP contribution < -0.4 is 20.1 Å². The summed E-state index contributed by atoms with van der Waals surface area (Å²) in [4.78, 5) is 12.0. The molecular formula is C20H24N2O4. The van der Waals surface area contributed by atoms with Gasteiger partial charge < -0.3 is 24.8 Å². The third kappa shape index (κ3) is 5.39. The maximum absolute atomic E-state index is 12.0. The lowest BCUT2D eigenvalue weighted by Gasteiger charge is -2.12. The highest BCUT2D eigenvalue weighted by Crippen LogP contribution is 2.19. The van der Waals surface area contributed by atoms with Crippen LogP contribution in [0.15, 0.2) is 48.5 Å². The SMILES string of the molecule is COc1ccc(NC(=O)CNc2ccc(OCC3CCCO3)cc2)cc1. The van der Waals surface area contributed by atoms with Crippen molar-refractivity contribution in [2.24, 2.45) is 0 Å². The van der Waals surface area contributed by atoms with Gasteiger partial charge in [-0.15, -0.1) is 0 Å². The zero-order valence-corrected chi connectivity index (χ0v) is 14.9. The van der Waals surface area contributed by atoms with Crippen molar-refractivity contribution >= 4 is 17.3 Å². The second-order valence-corrected chi connectivity index (χ2v) is 6.10. The number of ether oxygens (including phenoxy) is 3. The standard InChI is InChI=1S/C20H24N2O4/c1-24-17-8-6-16(7-9-17)22-20(23)13-21-15-4-10-18(11-5-15)26-14-19-3-2-12-25-19/h4-11,19,21H,2-3,12-14H2,1H3,(H,22,23). The molecule has 2 aromatic carbocycles. The van der Waals surface area contributed by atoms with Crippen LogP contribution in [-0.2, 0) is 9.53 Å². The smallest absolute Gasteiger partial charge is 0.243 e. The molecule has 6 heteroatoms. The van der Waals surface area contributed by atoms with E-state index < -0.39 is 0 Å². The van der Waals surface area contributed by atoms with Crippen molar-refractivity contribution in [1.82, 2.24) is 0 Å². The first kappa shape index (κ1) is 18.1. The molecule has 2 N–H and O–H groups in total. The molecule has 3 rings (SSSR count). The van der Waals surface area contributed by atoms with Crippen molar-refractivity contribution in [3.05, 3.63) is 48.5 Å². The molecule has 138 valence electrons. The van der Waals surface area contributed by atoms with E-state index in [-0.39, 0.29) is 18.6 Å². The molecule has 1 heterocycles. The summed E-state index contributed by atoms with van der Waals surface area (Å²) in [7, 11) is 1.61. The zero-order chi connectivity index (χ0) is 18.2. The van der Waals surface area contributed by atoms with Gasteiger partial charge in [0.2, 0.25) is 5.91 Å². The number of amides is 1. The second-order valence-electron chi connectivity index (χ2n) is 6.10. The number of carbonyl (C=O) groups excluding carboxylic acids is 1. The predicted octanol–water partition coefficient (Wildman–Crippen LogP) is 3.30. The lowest BCUT2D eigenvalue weighted by atomic mass is 10.2. The fourth-order valence-electron chi connectivity index (χ4n) is 2.70. The molecule has 1 saturated heterocycles. The fourth-order valence-corrected chi connectivity index (χ4v) is 2.70. The number of benzene rings is 2. The van der Waals surface area contributed by atoms with E-state index in [0.29, 0.717) is 6.61 Å². The van der Waals surface area contributed by atoms with Gasteiger partial charge in [0.05, 0.1) is 19.8 Å². The molecule has 26 heavy (non-hydrogen) atoms. The molecule has 0 saturated carbocycles. The molecule has 0 bridgehead atoms. The van der Waals surface area contributed by atoms with Crippen LogP contribution in [0.2, 0.25) is 0 Å². The Hall–Kier alpha value is -2.73. The van der Waals surface area contributed by atoms with Crippen LogP contribution in [0.5, 0.6) is 11.5 Å². The van der Waals surface area contributed by atoms with E-state index in [0.717, 1.165) is 42.3 Å². The Morgan fingerprint density at radius 1 is 1.08 bits per heavy atom. The molecule has 2 aromatic rings. The lowest BCUT2D eigenvalue weighted by Crippen LogP contribution is -2.21. The monoisotopic (exact) mass is 356 g/mol. The van der Waals surface area contributed by atoms with Gasteiger partial charge in [0.15, 0.2) is 0 Å². The molecule has 1 atom stereocenters. The van der Waals surface area contributed by atoms with Gasteiger partial charge in [-0.1, -0.05) is 0 Å². The molecule has 1 aliphatic heterocycles. The first-order valence-corrected chi connectivity index (χ1v) is 8.75. The van der Waals surface area contributed by atoms with E-state index in [4.69, 9.17) is 14.2 Å². The Morgan fingerprint density at radius 3 is 2.42 bits per heavy atom. The summed E-state index contributed by atoms with van der Waals surface area (Å²) in [6.45, 7) is 1.59. The van der Waals surface area contributed by atoms with Gasteiger partial charge >= 0.3 is 0 Å². The Labute approximate surface area is 153 Å². The van der Waals surface area contributed by atoms with E-state index >= 15 is 0 Å². The van der Waals surface area contributed by atoms with Crippen LogP contribution in [0.25, 0.3) is 0 Å². The number of hydrogen-bond acceptors (Lipinski definition) is 5. The van der Waals surface area contributed by atoms with Crippen LogP contribution in [0.4, 0.5) is 11.4 Å². The highest BCUT2D eigenvalue weighted by atomic mass is 16.5. The highest BCUT2D eigenvalue weighted by Gasteiger charge is 2.15. The zero-order valence-electron chi connectivity index (χ0n) is 14.9. The molecule has 1 aliphatic rings. The second kappa shape index (κ2) is 9.10. The van der Waals surface area contributed by atoms with Gasteiger partial charge in [-0.3, -0.25) is 4.79 Å². The highest BCUT2D eigenvalue weighted by molar-refractivity contribution is 5.93. The minimum absolute atomic E-state index is 0.117. The summed E-state index contributed by atoms with van der Waals surface area (Å²) < 4.78 is 16.4.